The molecular weight excluding hydrogens is 445 g/mol. The molecule has 0 spiro atoms. The number of hydrogen-bond acceptors (Lipinski definition) is 4. The number of aryl methyl sites for hydroxylation is 2. The topological polar surface area (TPSA) is 66.3 Å². The van der Waals surface area contributed by atoms with Gasteiger partial charge in [-0.15, -0.1) is 0 Å². The molecule has 2 amide bonds. The first-order valence-electron chi connectivity index (χ1n) is 11.5. The van der Waals surface area contributed by atoms with Crippen molar-refractivity contribution in [3.05, 3.63) is 47.7 Å². The van der Waals surface area contributed by atoms with Crippen molar-refractivity contribution in [1.82, 2.24) is 19.4 Å². The highest BCUT2D eigenvalue weighted by molar-refractivity contribution is 5.91. The Labute approximate surface area is 196 Å². The number of anilines is 2. The molecular formula is C24H29F3N6O. The molecule has 3 aromatic rings. The number of hydrogen-bond donors (Lipinski definition) is 1. The summed E-state index contributed by atoms with van der Waals surface area (Å²) in [6.07, 6.45) is 0.0902. The van der Waals surface area contributed by atoms with E-state index in [9.17, 15) is 18.0 Å². The number of piperazine rings is 1. The van der Waals surface area contributed by atoms with Gasteiger partial charge in [-0.3, -0.25) is 5.32 Å². The predicted octanol–water partition coefficient (Wildman–Crippen LogP) is 5.07. The molecule has 10 heteroatoms. The van der Waals surface area contributed by atoms with Gasteiger partial charge in [0, 0.05) is 38.9 Å². The molecule has 182 valence electrons. The molecule has 1 fully saturated rings. The van der Waals surface area contributed by atoms with Crippen LogP contribution in [-0.4, -0.2) is 51.1 Å². The summed E-state index contributed by atoms with van der Waals surface area (Å²) in [5, 5.41) is 2.88. The van der Waals surface area contributed by atoms with E-state index in [1.165, 1.54) is 17.8 Å². The van der Waals surface area contributed by atoms with Crippen LogP contribution >= 0.6 is 0 Å². The fourth-order valence-corrected chi connectivity index (χ4v) is 4.37. The molecule has 0 bridgehead atoms. The molecule has 1 aromatic carbocycles. The molecule has 4 rings (SSSR count). The zero-order valence-electron chi connectivity index (χ0n) is 19.6. The van der Waals surface area contributed by atoms with Crippen LogP contribution in [0.2, 0.25) is 0 Å². The lowest BCUT2D eigenvalue weighted by molar-refractivity contribution is -0.137. The Kier molecular flexibility index (Phi) is 6.67. The van der Waals surface area contributed by atoms with E-state index in [1.54, 1.807) is 9.80 Å². The molecule has 1 saturated heterocycles. The quantitative estimate of drug-likeness (QED) is 0.561. The van der Waals surface area contributed by atoms with Crippen molar-refractivity contribution < 1.29 is 18.0 Å². The maximum Gasteiger partial charge on any atom is 0.419 e. The Bertz CT molecular complexity index is 1180. The number of rotatable bonds is 5. The van der Waals surface area contributed by atoms with Gasteiger partial charge in [0.25, 0.3) is 0 Å². The Morgan fingerprint density at radius 3 is 2.74 bits per heavy atom. The Morgan fingerprint density at radius 1 is 1.24 bits per heavy atom. The van der Waals surface area contributed by atoms with E-state index in [1.807, 2.05) is 24.6 Å². The number of benzene rings is 1. The molecule has 0 radical (unpaired) electrons. The van der Waals surface area contributed by atoms with Crippen LogP contribution in [-0.2, 0) is 19.6 Å². The Morgan fingerprint density at radius 2 is 2.03 bits per heavy atom. The third-order valence-electron chi connectivity index (χ3n) is 6.26. The van der Waals surface area contributed by atoms with Crippen molar-refractivity contribution in [1.29, 1.82) is 0 Å². The lowest BCUT2D eigenvalue weighted by Crippen LogP contribution is -2.55. The lowest BCUT2D eigenvalue weighted by Gasteiger charge is -2.40. The van der Waals surface area contributed by atoms with Crippen LogP contribution in [0.15, 0.2) is 36.5 Å². The number of fused-ring (bicyclic) bond motifs is 1. The molecule has 1 N–H and O–H groups in total. The van der Waals surface area contributed by atoms with Gasteiger partial charge in [0.1, 0.15) is 5.82 Å². The second kappa shape index (κ2) is 9.52. The third kappa shape index (κ3) is 4.80. The highest BCUT2D eigenvalue weighted by Crippen LogP contribution is 2.35. The first-order chi connectivity index (χ1) is 16.2. The number of aromatic nitrogens is 3. The normalized spacial score (nSPS) is 16.8. The average molecular weight is 475 g/mol. The fourth-order valence-electron chi connectivity index (χ4n) is 4.37. The van der Waals surface area contributed by atoms with Gasteiger partial charge in [-0.1, -0.05) is 19.4 Å². The van der Waals surface area contributed by atoms with E-state index < -0.39 is 11.7 Å². The van der Waals surface area contributed by atoms with Crippen LogP contribution in [0.5, 0.6) is 0 Å². The van der Waals surface area contributed by atoms with Gasteiger partial charge in [0.2, 0.25) is 5.95 Å². The zero-order chi connectivity index (χ0) is 24.5. The van der Waals surface area contributed by atoms with Crippen molar-refractivity contribution in [2.45, 2.75) is 45.3 Å². The first kappa shape index (κ1) is 23.8. The smallest absolute Gasteiger partial charge is 0.352 e. The second-order valence-corrected chi connectivity index (χ2v) is 8.71. The maximum atomic E-state index is 13.4. The number of nitrogens with zero attached hydrogens (tertiary/aromatic N) is 5. The largest absolute Gasteiger partial charge is 0.419 e. The molecule has 7 nitrogen and oxygen atoms in total. The van der Waals surface area contributed by atoms with Crippen molar-refractivity contribution in [3.63, 3.8) is 0 Å². The van der Waals surface area contributed by atoms with Gasteiger partial charge in [0.15, 0.2) is 0 Å². The molecule has 1 aliphatic rings. The average Bonchev–Trinajstić information content (AvgIpc) is 3.11. The van der Waals surface area contributed by atoms with Crippen molar-refractivity contribution in [3.8, 4) is 0 Å². The van der Waals surface area contributed by atoms with Gasteiger partial charge < -0.3 is 14.4 Å². The van der Waals surface area contributed by atoms with Crippen LogP contribution in [0, 0.1) is 0 Å². The number of alkyl halides is 3. The third-order valence-corrected chi connectivity index (χ3v) is 6.26. The van der Waals surface area contributed by atoms with Gasteiger partial charge in [-0.05, 0) is 49.6 Å². The molecule has 34 heavy (non-hydrogen) atoms. The second-order valence-electron chi connectivity index (χ2n) is 8.71. The summed E-state index contributed by atoms with van der Waals surface area (Å²) in [7, 11) is 1.86. The van der Waals surface area contributed by atoms with E-state index in [2.05, 4.69) is 34.3 Å². The molecule has 3 heterocycles. The summed E-state index contributed by atoms with van der Waals surface area (Å²) >= 11 is 0. The van der Waals surface area contributed by atoms with E-state index in [0.717, 1.165) is 36.4 Å². The minimum atomic E-state index is -4.49. The summed E-state index contributed by atoms with van der Waals surface area (Å²) < 4.78 is 42.1. The summed E-state index contributed by atoms with van der Waals surface area (Å²) in [6, 6.07) is 7.79. The predicted molar refractivity (Wildman–Crippen MR) is 126 cm³/mol. The maximum absolute atomic E-state index is 13.4. The first-order valence-corrected chi connectivity index (χ1v) is 11.5. The van der Waals surface area contributed by atoms with Gasteiger partial charge >= 0.3 is 12.2 Å². The molecule has 0 unspecified atom stereocenters. The minimum absolute atomic E-state index is 0.101. The number of carbonyl (C=O) groups excluding carboxylic acids is 1. The lowest BCUT2D eigenvalue weighted by atomic mass is 10.1. The number of imidazole rings is 1. The van der Waals surface area contributed by atoms with Crippen LogP contribution < -0.4 is 10.2 Å². The number of amides is 2. The molecule has 1 aliphatic heterocycles. The highest BCUT2D eigenvalue weighted by atomic mass is 19.4. The number of carbonyl (C=O) groups is 1. The van der Waals surface area contributed by atoms with E-state index in [-0.39, 0.29) is 37.5 Å². The number of unbranched alkanes of at least 4 members (excludes halogenated alkanes) is 1. The standard InChI is InChI=1S/C24H29F3N6O/c1-4-5-7-17-9-10-19-20(14-17)31(3)22(29-19)30-23(34)33-13-12-32(15-16(33)2)21-18(24(25,26)27)8-6-11-28-21/h6,8-11,14,16H,4-5,7,12-13,15H2,1-3H3,(H,29,30,34)/t16-/m1/s1. The summed E-state index contributed by atoms with van der Waals surface area (Å²) in [5.74, 6) is 0.336. The fraction of sp³-hybridized carbons (Fsp3) is 0.458. The van der Waals surface area contributed by atoms with Crippen molar-refractivity contribution in [2.75, 3.05) is 29.9 Å². The van der Waals surface area contributed by atoms with E-state index >= 15 is 0 Å². The van der Waals surface area contributed by atoms with Crippen LogP contribution in [0.1, 0.15) is 37.8 Å². The van der Waals surface area contributed by atoms with Crippen LogP contribution in [0.25, 0.3) is 11.0 Å². The van der Waals surface area contributed by atoms with Crippen LogP contribution in [0.4, 0.5) is 29.7 Å². The molecule has 1 atom stereocenters. The molecule has 0 saturated carbocycles. The SMILES string of the molecule is CCCCc1ccc2nc(NC(=O)N3CCN(c4ncccc4C(F)(F)F)C[C@H]3C)n(C)c2c1. The molecule has 0 aliphatic carbocycles. The Balaban J connectivity index is 1.46. The highest BCUT2D eigenvalue weighted by Gasteiger charge is 2.37. The van der Waals surface area contributed by atoms with E-state index in [4.69, 9.17) is 0 Å². The van der Waals surface area contributed by atoms with Crippen LogP contribution in [0.3, 0.4) is 0 Å². The van der Waals surface area contributed by atoms with E-state index in [0.29, 0.717) is 5.95 Å². The zero-order valence-corrected chi connectivity index (χ0v) is 19.6. The number of nitrogens with one attached hydrogen (secondary N) is 1. The Hall–Kier alpha value is -3.30. The summed E-state index contributed by atoms with van der Waals surface area (Å²) in [5.41, 5.74) is 2.20. The number of urea groups is 1. The molecule has 2 aromatic heterocycles. The van der Waals surface area contributed by atoms with Gasteiger partial charge in [0.05, 0.1) is 16.6 Å². The summed E-state index contributed by atoms with van der Waals surface area (Å²) in [4.78, 5) is 24.8. The minimum Gasteiger partial charge on any atom is -0.352 e. The number of pyridine rings is 1. The van der Waals surface area contributed by atoms with Gasteiger partial charge in [-0.25, -0.2) is 14.8 Å². The van der Waals surface area contributed by atoms with Crippen molar-refractivity contribution in [2.24, 2.45) is 7.05 Å². The monoisotopic (exact) mass is 474 g/mol. The van der Waals surface area contributed by atoms with Gasteiger partial charge in [-0.2, -0.15) is 13.2 Å². The number of halogens is 3. The van der Waals surface area contributed by atoms with Crippen molar-refractivity contribution >= 4 is 28.8 Å². The summed E-state index contributed by atoms with van der Waals surface area (Å²) in [6.45, 7) is 4.74.